The number of carbonyl (C=O) groups excluding carboxylic acids is 3. The van der Waals surface area contributed by atoms with E-state index in [1.807, 2.05) is 97.1 Å². The fraction of sp³-hybridized carbons (Fsp3) is 0.171. The van der Waals surface area contributed by atoms with Crippen LogP contribution >= 0.6 is 0 Å². The highest BCUT2D eigenvalue weighted by atomic mass is 16.7. The Morgan fingerprint density at radius 2 is 0.953 bits per heavy atom. The number of ketones is 1. The maximum absolute atomic E-state index is 15.7. The second-order valence-electron chi connectivity index (χ2n) is 11.4. The number of ether oxygens (including phenoxy) is 4. The monoisotopic (exact) mass is 569 g/mol. The van der Waals surface area contributed by atoms with Gasteiger partial charge in [0, 0.05) is 0 Å². The Morgan fingerprint density at radius 3 is 1.40 bits per heavy atom. The lowest BCUT2D eigenvalue weighted by molar-refractivity contribution is -0.132. The number of imide groups is 1. The van der Waals surface area contributed by atoms with Crippen molar-refractivity contribution in [3.8, 4) is 23.0 Å². The zero-order chi connectivity index (χ0) is 28.9. The Hall–Kier alpha value is -5.37. The van der Waals surface area contributed by atoms with Crippen LogP contribution in [0.2, 0.25) is 0 Å². The minimum Gasteiger partial charge on any atom is -0.454 e. The molecule has 2 amide bonds. The first-order chi connectivity index (χ1) is 21.1. The second-order valence-corrected chi connectivity index (χ2v) is 11.4. The molecule has 0 radical (unpaired) electrons. The van der Waals surface area contributed by atoms with Gasteiger partial charge in [-0.3, -0.25) is 19.7 Å². The van der Waals surface area contributed by atoms with E-state index in [1.165, 1.54) is 0 Å². The van der Waals surface area contributed by atoms with Crippen LogP contribution in [0.5, 0.6) is 23.0 Å². The summed E-state index contributed by atoms with van der Waals surface area (Å²) in [6.45, 7) is 0.177. The van der Waals surface area contributed by atoms with Crippen LogP contribution in [0.4, 0.5) is 0 Å². The molecule has 8 heteroatoms. The van der Waals surface area contributed by atoms with Gasteiger partial charge in [0.1, 0.15) is 0 Å². The highest BCUT2D eigenvalue weighted by molar-refractivity contribution is 6.35. The summed E-state index contributed by atoms with van der Waals surface area (Å²) >= 11 is 0. The summed E-state index contributed by atoms with van der Waals surface area (Å²) in [6.07, 6.45) is 0. The molecule has 1 N–H and O–H groups in total. The van der Waals surface area contributed by atoms with Crippen LogP contribution in [0.3, 0.4) is 0 Å². The van der Waals surface area contributed by atoms with Crippen LogP contribution in [-0.4, -0.2) is 31.2 Å². The quantitative estimate of drug-likeness (QED) is 0.364. The number of nitrogens with one attached hydrogen (secondary N) is 1. The number of hydrogen-bond acceptors (Lipinski definition) is 7. The molecule has 3 heterocycles. The van der Waals surface area contributed by atoms with Gasteiger partial charge in [-0.25, -0.2) is 0 Å². The Bertz CT molecular complexity index is 1800. The van der Waals surface area contributed by atoms with Gasteiger partial charge in [0.2, 0.25) is 25.4 Å². The van der Waals surface area contributed by atoms with Crippen LogP contribution in [0, 0.1) is 11.8 Å². The molecule has 9 rings (SSSR count). The molecule has 2 aliphatic carbocycles. The van der Waals surface area contributed by atoms with Gasteiger partial charge in [0.05, 0.1) is 22.7 Å². The van der Waals surface area contributed by atoms with Crippen molar-refractivity contribution in [1.29, 1.82) is 0 Å². The van der Waals surface area contributed by atoms with E-state index >= 15 is 4.79 Å². The molecule has 3 aliphatic heterocycles. The fourth-order valence-corrected chi connectivity index (χ4v) is 8.16. The second kappa shape index (κ2) is 8.35. The van der Waals surface area contributed by atoms with Crippen molar-refractivity contribution in [2.24, 2.45) is 11.8 Å². The van der Waals surface area contributed by atoms with Gasteiger partial charge >= 0.3 is 0 Å². The van der Waals surface area contributed by atoms with E-state index in [-0.39, 0.29) is 19.4 Å². The zero-order valence-electron chi connectivity index (χ0n) is 22.7. The van der Waals surface area contributed by atoms with E-state index in [4.69, 9.17) is 18.9 Å². The normalized spacial score (nSPS) is 27.6. The number of fused-ring (bicyclic) bond motifs is 7. The molecule has 210 valence electrons. The number of carbonyl (C=O) groups is 3. The zero-order valence-corrected chi connectivity index (χ0v) is 22.7. The molecule has 4 aromatic rings. The number of hydrogen-bond donors (Lipinski definition) is 1. The Kier molecular flexibility index (Phi) is 4.71. The van der Waals surface area contributed by atoms with Crippen LogP contribution in [0.1, 0.15) is 22.3 Å². The minimum atomic E-state index is -1.47. The molecule has 4 aromatic carbocycles. The lowest BCUT2D eigenvalue weighted by Crippen LogP contribution is -2.44. The predicted molar refractivity (Wildman–Crippen MR) is 153 cm³/mol. The third-order valence-electron chi connectivity index (χ3n) is 9.61. The molecule has 4 atom stereocenters. The fourth-order valence-electron chi connectivity index (χ4n) is 8.16. The first-order valence-corrected chi connectivity index (χ1v) is 14.1. The molecule has 1 saturated carbocycles. The molecule has 2 fully saturated rings. The summed E-state index contributed by atoms with van der Waals surface area (Å²) in [5.74, 6) is -0.738. The average molecular weight is 570 g/mol. The third-order valence-corrected chi connectivity index (χ3v) is 9.61. The number of amides is 2. The van der Waals surface area contributed by atoms with Gasteiger partial charge in [-0.2, -0.15) is 0 Å². The average Bonchev–Trinajstić information content (AvgIpc) is 3.85. The van der Waals surface area contributed by atoms with Gasteiger partial charge < -0.3 is 18.9 Å². The van der Waals surface area contributed by atoms with Gasteiger partial charge in [0.25, 0.3) is 0 Å². The maximum atomic E-state index is 15.7. The Balaban J connectivity index is 1.49. The summed E-state index contributed by atoms with van der Waals surface area (Å²) in [7, 11) is 0. The molecule has 43 heavy (non-hydrogen) atoms. The van der Waals surface area contributed by atoms with Gasteiger partial charge in [0.15, 0.2) is 28.8 Å². The molecule has 0 aromatic heterocycles. The highest BCUT2D eigenvalue weighted by Gasteiger charge is 2.81. The molecular formula is C35H23NO7. The number of benzene rings is 4. The molecule has 1 saturated heterocycles. The number of allylic oxidation sites excluding steroid dienone is 2. The SMILES string of the molecule is O=C1NC(=O)[C@@H]2[C@@H]1[C@@]1(c3ccccc3)C(=O)[C@@]2(c2ccccc2)C(c2ccc3c(c2)OCO3)=C1c1ccc2c(c1)OCO2. The Morgan fingerprint density at radius 1 is 0.535 bits per heavy atom. The maximum Gasteiger partial charge on any atom is 0.232 e. The molecule has 5 aliphatic rings. The lowest BCUT2D eigenvalue weighted by atomic mass is 9.59. The van der Waals surface area contributed by atoms with E-state index in [9.17, 15) is 9.59 Å². The molecule has 0 unspecified atom stereocenters. The highest BCUT2D eigenvalue weighted by Crippen LogP contribution is 2.73. The molecule has 0 spiro atoms. The summed E-state index contributed by atoms with van der Waals surface area (Å²) < 4.78 is 22.8. The number of Topliss-reactive ketones (excluding diaryl/α,β-unsaturated/α-hetero) is 1. The Labute approximate surface area is 245 Å². The predicted octanol–water partition coefficient (Wildman–Crippen LogP) is 4.42. The largest absolute Gasteiger partial charge is 0.454 e. The van der Waals surface area contributed by atoms with E-state index < -0.39 is 34.5 Å². The van der Waals surface area contributed by atoms with Crippen molar-refractivity contribution in [3.05, 3.63) is 119 Å². The summed E-state index contributed by atoms with van der Waals surface area (Å²) in [4.78, 5) is 43.5. The lowest BCUT2D eigenvalue weighted by Gasteiger charge is -2.39. The first kappa shape index (κ1) is 24.2. The summed E-state index contributed by atoms with van der Waals surface area (Å²) in [6, 6.07) is 29.9. The van der Waals surface area contributed by atoms with Crippen molar-refractivity contribution in [2.45, 2.75) is 10.8 Å². The van der Waals surface area contributed by atoms with Crippen molar-refractivity contribution in [2.75, 3.05) is 13.6 Å². The first-order valence-electron chi connectivity index (χ1n) is 14.1. The van der Waals surface area contributed by atoms with Crippen LogP contribution in [0.25, 0.3) is 11.1 Å². The third kappa shape index (κ3) is 2.83. The van der Waals surface area contributed by atoms with Gasteiger partial charge in [-0.1, -0.05) is 72.8 Å². The van der Waals surface area contributed by atoms with E-state index in [0.717, 1.165) is 0 Å². The van der Waals surface area contributed by atoms with Crippen molar-refractivity contribution in [3.63, 3.8) is 0 Å². The van der Waals surface area contributed by atoms with Crippen LogP contribution in [0.15, 0.2) is 97.1 Å². The molecule has 8 nitrogen and oxygen atoms in total. The van der Waals surface area contributed by atoms with Crippen LogP contribution < -0.4 is 24.3 Å². The molecular weight excluding hydrogens is 546 g/mol. The summed E-state index contributed by atoms with van der Waals surface area (Å²) in [5, 5.41) is 2.61. The summed E-state index contributed by atoms with van der Waals surface area (Å²) in [5.41, 5.74) is 1.10. The topological polar surface area (TPSA) is 100 Å². The standard InChI is InChI=1S/C35H23NO7/c37-31-29-30(32(38)36-31)35(22-9-5-2-6-10-22)28(20-12-14-24-26(16-20)43-18-41-24)27(19-11-13-23-25(15-19)42-17-40-23)34(29,33(35)39)21-7-3-1-4-8-21/h1-16,29-30H,17-18H2,(H,36,37,38)/t29-,30-,34-,35-/m0/s1. The van der Waals surface area contributed by atoms with Crippen molar-refractivity contribution in [1.82, 2.24) is 5.32 Å². The number of rotatable bonds is 4. The molecule has 2 bridgehead atoms. The van der Waals surface area contributed by atoms with Crippen LogP contribution in [-0.2, 0) is 25.2 Å². The smallest absolute Gasteiger partial charge is 0.232 e. The van der Waals surface area contributed by atoms with Gasteiger partial charge in [-0.15, -0.1) is 0 Å². The van der Waals surface area contributed by atoms with E-state index in [2.05, 4.69) is 5.32 Å². The van der Waals surface area contributed by atoms with Gasteiger partial charge in [-0.05, 0) is 57.7 Å². The van der Waals surface area contributed by atoms with Crippen molar-refractivity contribution >= 4 is 28.7 Å². The minimum absolute atomic E-state index is 0.0885. The van der Waals surface area contributed by atoms with Crippen molar-refractivity contribution < 1.29 is 33.3 Å². The van der Waals surface area contributed by atoms with E-state index in [0.29, 0.717) is 56.4 Å². The van der Waals surface area contributed by atoms with E-state index in [1.54, 1.807) is 0 Å².